The van der Waals surface area contributed by atoms with Gasteiger partial charge in [-0.3, -0.25) is 19.2 Å². The summed E-state index contributed by atoms with van der Waals surface area (Å²) in [7, 11) is -0.606. The Morgan fingerprint density at radius 1 is 0.870 bits per heavy atom. The number of rotatable bonds is 14. The van der Waals surface area contributed by atoms with Crippen molar-refractivity contribution < 1.29 is 41.7 Å². The van der Waals surface area contributed by atoms with Crippen LogP contribution in [0, 0.1) is 23.2 Å². The Morgan fingerprint density at radius 2 is 1.54 bits per heavy atom. The first-order valence-corrected chi connectivity index (χ1v) is 18.5. The molecule has 1 saturated heterocycles. The van der Waals surface area contributed by atoms with Crippen LogP contribution in [-0.4, -0.2) is 73.2 Å². The third-order valence-electron chi connectivity index (χ3n) is 11.8. The second-order valence-corrected chi connectivity index (χ2v) is 16.2. The van der Waals surface area contributed by atoms with E-state index in [0.29, 0.717) is 17.4 Å². The minimum absolute atomic E-state index is 0.0310. The zero-order valence-electron chi connectivity index (χ0n) is 31.3. The van der Waals surface area contributed by atoms with E-state index in [1.54, 1.807) is 32.9 Å². The zero-order valence-corrected chi connectivity index (χ0v) is 31.3. The molecule has 3 saturated carbocycles. The summed E-state index contributed by atoms with van der Waals surface area (Å²) in [5.41, 5.74) is -1.77. The zero-order chi connectivity index (χ0) is 39.2. The first-order valence-electron chi connectivity index (χ1n) is 18.5. The number of amides is 4. The Hall–Kier alpha value is -4.31. The van der Waals surface area contributed by atoms with Crippen LogP contribution in [0.15, 0.2) is 64.8 Å². The smallest absolute Gasteiger partial charge is 0.404 e. The van der Waals surface area contributed by atoms with Crippen molar-refractivity contribution in [1.82, 2.24) is 21.3 Å². The second-order valence-electron chi connectivity index (χ2n) is 16.2. The average Bonchev–Trinajstić information content (AvgIpc) is 3.86. The SMILES string of the molecule is CC(C)[C@H](NC(=O)Cc1ccc(C2(C(F)(F)F)N=N2)cc1)C(=O)N[C@@H](Cc1ccccc1)C(=O)N[C@@H](C)C(=O)NCB1O[C@@H]2C[C@@H]3C[C@@H](C3(C)C)[C@]2(C)O1. The molecule has 2 aromatic carbocycles. The van der Waals surface area contributed by atoms with E-state index in [1.807, 2.05) is 18.2 Å². The first-order chi connectivity index (χ1) is 25.3. The number of benzene rings is 2. The number of hydrogen-bond acceptors (Lipinski definition) is 8. The van der Waals surface area contributed by atoms with Crippen molar-refractivity contribution in [2.45, 2.75) is 109 Å². The minimum Gasteiger partial charge on any atom is -0.404 e. The lowest BCUT2D eigenvalue weighted by molar-refractivity contribution is -0.199. The normalized spacial score (nSPS) is 26.1. The van der Waals surface area contributed by atoms with Gasteiger partial charge in [-0.25, -0.2) is 0 Å². The lowest BCUT2D eigenvalue weighted by Gasteiger charge is -2.64. The average molecular weight is 753 g/mol. The van der Waals surface area contributed by atoms with Gasteiger partial charge in [0.2, 0.25) is 23.6 Å². The van der Waals surface area contributed by atoms with Crippen LogP contribution in [-0.2, 0) is 47.0 Å². The Labute approximate surface area is 313 Å². The molecule has 16 heteroatoms. The number of carbonyl (C=O) groups is 4. The molecule has 0 unspecified atom stereocenters. The van der Waals surface area contributed by atoms with E-state index < -0.39 is 72.2 Å². The lowest BCUT2D eigenvalue weighted by atomic mass is 9.43. The van der Waals surface area contributed by atoms with E-state index in [-0.39, 0.29) is 36.4 Å². The molecule has 0 radical (unpaired) electrons. The van der Waals surface area contributed by atoms with Crippen LogP contribution in [0.1, 0.15) is 71.1 Å². The number of nitrogens with zero attached hydrogens (tertiary/aromatic N) is 2. The molecule has 2 aliphatic heterocycles. The summed E-state index contributed by atoms with van der Waals surface area (Å²) in [6.07, 6.45) is -2.65. The molecule has 290 valence electrons. The molecule has 12 nitrogen and oxygen atoms in total. The van der Waals surface area contributed by atoms with Crippen LogP contribution in [0.3, 0.4) is 0 Å². The van der Waals surface area contributed by atoms with Crippen molar-refractivity contribution >= 4 is 30.7 Å². The van der Waals surface area contributed by atoms with Crippen LogP contribution >= 0.6 is 0 Å². The van der Waals surface area contributed by atoms with Gasteiger partial charge in [0.25, 0.3) is 0 Å². The van der Waals surface area contributed by atoms with Crippen molar-refractivity contribution in [3.8, 4) is 0 Å². The highest BCUT2D eigenvalue weighted by molar-refractivity contribution is 6.46. The molecule has 0 aromatic heterocycles. The predicted molar refractivity (Wildman–Crippen MR) is 192 cm³/mol. The van der Waals surface area contributed by atoms with E-state index in [0.717, 1.165) is 18.4 Å². The lowest BCUT2D eigenvalue weighted by Crippen LogP contribution is -2.65. The van der Waals surface area contributed by atoms with Gasteiger partial charge < -0.3 is 30.6 Å². The third kappa shape index (κ3) is 7.77. The summed E-state index contributed by atoms with van der Waals surface area (Å²) in [5, 5.41) is 17.4. The fourth-order valence-electron chi connectivity index (χ4n) is 8.32. The van der Waals surface area contributed by atoms with Crippen molar-refractivity contribution in [2.24, 2.45) is 33.4 Å². The second kappa shape index (κ2) is 14.7. The van der Waals surface area contributed by atoms with Gasteiger partial charge in [-0.2, -0.15) is 13.2 Å². The largest absolute Gasteiger partial charge is 0.478 e. The fourth-order valence-corrected chi connectivity index (χ4v) is 8.32. The number of hydrogen-bond donors (Lipinski definition) is 4. The molecule has 4 N–H and O–H groups in total. The standard InChI is InChI=1S/C38H48BF3N6O6/c1-21(2)31(46-30(49)17-24-12-14-25(15-13-24)37(47-48-37)38(40,41)42)34(52)45-27(16-23-10-8-7-9-11-23)33(51)44-22(3)32(50)43-20-39-53-29-19-26-18-28(35(26,4)5)36(29,6)54-39/h7-15,21-22,26-29,31H,16-20H2,1-6H3,(H,43,50)(H,44,51)(H,45,52)(H,46,49)/t22-,26-,27-,28-,29+,31-,36-/m0/s1. The highest BCUT2D eigenvalue weighted by Crippen LogP contribution is 2.65. The fraction of sp³-hybridized carbons (Fsp3) is 0.579. The summed E-state index contributed by atoms with van der Waals surface area (Å²) in [5.74, 6) is -1.62. The van der Waals surface area contributed by atoms with Crippen molar-refractivity contribution in [3.63, 3.8) is 0 Å². The molecule has 4 amide bonds. The van der Waals surface area contributed by atoms with Gasteiger partial charge in [0.05, 0.1) is 24.6 Å². The molecule has 0 spiro atoms. The van der Waals surface area contributed by atoms with Crippen molar-refractivity contribution in [1.29, 1.82) is 0 Å². The van der Waals surface area contributed by atoms with Crippen molar-refractivity contribution in [2.75, 3.05) is 6.44 Å². The summed E-state index contributed by atoms with van der Waals surface area (Å²) in [6.45, 7) is 11.7. The Kier molecular flexibility index (Phi) is 10.8. The molecule has 7 rings (SSSR count). The van der Waals surface area contributed by atoms with E-state index in [4.69, 9.17) is 9.31 Å². The predicted octanol–water partition coefficient (Wildman–Crippen LogP) is 4.17. The number of carbonyl (C=O) groups excluding carboxylic acids is 4. The maximum absolute atomic E-state index is 13.7. The summed E-state index contributed by atoms with van der Waals surface area (Å²) >= 11 is 0. The molecule has 7 atom stereocenters. The Morgan fingerprint density at radius 3 is 2.13 bits per heavy atom. The summed E-state index contributed by atoms with van der Waals surface area (Å²) in [4.78, 5) is 53.6. The van der Waals surface area contributed by atoms with Gasteiger partial charge in [0.1, 0.15) is 18.1 Å². The van der Waals surface area contributed by atoms with E-state index in [1.165, 1.54) is 24.3 Å². The van der Waals surface area contributed by atoms with Gasteiger partial charge in [0, 0.05) is 12.0 Å². The van der Waals surface area contributed by atoms with Gasteiger partial charge in [-0.05, 0) is 61.0 Å². The first kappa shape index (κ1) is 39.4. The quantitative estimate of drug-likeness (QED) is 0.212. The van der Waals surface area contributed by atoms with Crippen LogP contribution in [0.2, 0.25) is 0 Å². The maximum Gasteiger partial charge on any atom is 0.478 e. The monoisotopic (exact) mass is 752 g/mol. The van der Waals surface area contributed by atoms with E-state index >= 15 is 0 Å². The number of alkyl halides is 3. The Balaban J connectivity index is 1.04. The van der Waals surface area contributed by atoms with Gasteiger partial charge in [0.15, 0.2) is 0 Å². The highest BCUT2D eigenvalue weighted by Gasteiger charge is 2.68. The molecule has 2 aromatic rings. The molecule has 2 heterocycles. The van der Waals surface area contributed by atoms with Crippen molar-refractivity contribution in [3.05, 3.63) is 71.3 Å². The molecule has 2 bridgehead atoms. The molecule has 5 aliphatic rings. The van der Waals surface area contributed by atoms with Crippen LogP contribution in [0.5, 0.6) is 0 Å². The van der Waals surface area contributed by atoms with Gasteiger partial charge in [-0.1, -0.05) is 82.3 Å². The molecule has 4 fully saturated rings. The molecule has 3 aliphatic carbocycles. The molecular weight excluding hydrogens is 704 g/mol. The van der Waals surface area contributed by atoms with E-state index in [2.05, 4.69) is 52.3 Å². The summed E-state index contributed by atoms with van der Waals surface area (Å²) < 4.78 is 52.7. The highest BCUT2D eigenvalue weighted by atomic mass is 19.4. The van der Waals surface area contributed by atoms with Crippen LogP contribution in [0.25, 0.3) is 0 Å². The third-order valence-corrected chi connectivity index (χ3v) is 11.8. The van der Waals surface area contributed by atoms with Crippen LogP contribution in [0.4, 0.5) is 13.2 Å². The topological polar surface area (TPSA) is 160 Å². The van der Waals surface area contributed by atoms with Crippen LogP contribution < -0.4 is 21.3 Å². The molecule has 54 heavy (non-hydrogen) atoms. The maximum atomic E-state index is 13.7. The molecular formula is C38H48BF3N6O6. The minimum atomic E-state index is -4.67. The van der Waals surface area contributed by atoms with E-state index in [9.17, 15) is 32.3 Å². The summed E-state index contributed by atoms with van der Waals surface area (Å²) in [6, 6.07) is 11.2. The van der Waals surface area contributed by atoms with Gasteiger partial charge >= 0.3 is 19.0 Å². The Bertz CT molecular complexity index is 1770. The number of nitrogens with one attached hydrogen (secondary N) is 4. The number of halogens is 3. The van der Waals surface area contributed by atoms with Gasteiger partial charge in [-0.15, -0.1) is 10.2 Å².